The Morgan fingerprint density at radius 2 is 0.522 bits per heavy atom. The molecule has 0 aromatic carbocycles. The lowest BCUT2D eigenvalue weighted by molar-refractivity contribution is -0.161. The zero-order valence-electron chi connectivity index (χ0n) is 59.0. The van der Waals surface area contributed by atoms with Crippen molar-refractivity contribution in [2.24, 2.45) is 0 Å². The van der Waals surface area contributed by atoms with Crippen molar-refractivity contribution in [3.8, 4) is 0 Å². The van der Waals surface area contributed by atoms with Crippen molar-refractivity contribution in [2.45, 2.75) is 380 Å². The molecule has 17 nitrogen and oxygen atoms in total. The fourth-order valence-corrected chi connectivity index (χ4v) is 12.3. The lowest BCUT2D eigenvalue weighted by atomic mass is 10.0. The monoisotopic (exact) mass is 1350 g/mol. The van der Waals surface area contributed by atoms with Crippen LogP contribution in [0, 0.1) is 0 Å². The molecule has 0 heterocycles. The van der Waals surface area contributed by atoms with Gasteiger partial charge in [-0.05, 0) is 51.4 Å². The number of carbonyl (C=O) groups excluding carboxylic acids is 4. The number of unbranched alkanes of at least 4 members (excludes halogenated alkanes) is 43. The molecule has 5 atom stereocenters. The van der Waals surface area contributed by atoms with Gasteiger partial charge >= 0.3 is 39.5 Å². The predicted molar refractivity (Wildman–Crippen MR) is 372 cm³/mol. The highest BCUT2D eigenvalue weighted by molar-refractivity contribution is 7.47. The van der Waals surface area contributed by atoms with Gasteiger partial charge < -0.3 is 33.8 Å². The highest BCUT2D eigenvalue weighted by atomic mass is 31.2. The maximum atomic E-state index is 13.0. The van der Waals surface area contributed by atoms with Crippen molar-refractivity contribution in [1.29, 1.82) is 0 Å². The van der Waals surface area contributed by atoms with Crippen LogP contribution in [0.4, 0.5) is 0 Å². The number of hydrogen-bond donors (Lipinski definition) is 3. The molecule has 92 heavy (non-hydrogen) atoms. The first-order chi connectivity index (χ1) is 44.7. The van der Waals surface area contributed by atoms with Gasteiger partial charge in [0.15, 0.2) is 12.2 Å². The lowest BCUT2D eigenvalue weighted by Crippen LogP contribution is -2.30. The van der Waals surface area contributed by atoms with E-state index in [-0.39, 0.29) is 25.7 Å². The molecular weight excluding hydrogens is 1210 g/mol. The van der Waals surface area contributed by atoms with Crippen molar-refractivity contribution >= 4 is 39.5 Å². The first-order valence-electron chi connectivity index (χ1n) is 37.6. The smallest absolute Gasteiger partial charge is 0.462 e. The van der Waals surface area contributed by atoms with Crippen molar-refractivity contribution in [1.82, 2.24) is 0 Å². The van der Waals surface area contributed by atoms with Gasteiger partial charge in [0.2, 0.25) is 0 Å². The average Bonchev–Trinajstić information content (AvgIpc) is 2.01. The molecule has 0 aliphatic heterocycles. The summed E-state index contributed by atoms with van der Waals surface area (Å²) in [6, 6.07) is 0. The van der Waals surface area contributed by atoms with E-state index in [0.29, 0.717) is 25.7 Å². The number of esters is 4. The summed E-state index contributed by atoms with van der Waals surface area (Å²) >= 11 is 0. The minimum atomic E-state index is -4.96. The van der Waals surface area contributed by atoms with E-state index >= 15 is 0 Å². The van der Waals surface area contributed by atoms with Crippen LogP contribution in [0.1, 0.15) is 362 Å². The van der Waals surface area contributed by atoms with Gasteiger partial charge in [-0.1, -0.05) is 309 Å². The Morgan fingerprint density at radius 3 is 0.793 bits per heavy atom. The maximum absolute atomic E-state index is 13.0. The van der Waals surface area contributed by atoms with E-state index in [1.54, 1.807) is 0 Å². The van der Waals surface area contributed by atoms with Gasteiger partial charge in [0.25, 0.3) is 0 Å². The Labute approximate surface area is 561 Å². The molecule has 0 rings (SSSR count). The molecule has 542 valence electrons. The summed E-state index contributed by atoms with van der Waals surface area (Å²) in [6.07, 6.45) is 59.0. The lowest BCUT2D eigenvalue weighted by Gasteiger charge is -2.21. The summed E-state index contributed by atoms with van der Waals surface area (Å²) in [5.41, 5.74) is 0. The number of carbonyl (C=O) groups is 4. The van der Waals surface area contributed by atoms with Gasteiger partial charge in [-0.3, -0.25) is 37.3 Å². The van der Waals surface area contributed by atoms with Gasteiger partial charge in [0.1, 0.15) is 19.3 Å². The van der Waals surface area contributed by atoms with Gasteiger partial charge in [0, 0.05) is 25.7 Å². The number of phosphoric ester groups is 2. The van der Waals surface area contributed by atoms with E-state index in [9.17, 15) is 43.2 Å². The van der Waals surface area contributed by atoms with E-state index < -0.39 is 97.5 Å². The van der Waals surface area contributed by atoms with Crippen LogP contribution in [-0.4, -0.2) is 96.7 Å². The third-order valence-electron chi connectivity index (χ3n) is 16.5. The number of hydrogen-bond acceptors (Lipinski definition) is 15. The Balaban J connectivity index is 5.25. The van der Waals surface area contributed by atoms with E-state index in [4.69, 9.17) is 37.0 Å². The molecule has 0 aromatic rings. The van der Waals surface area contributed by atoms with Crippen molar-refractivity contribution in [2.75, 3.05) is 39.6 Å². The van der Waals surface area contributed by atoms with Crippen LogP contribution in [0.2, 0.25) is 0 Å². The van der Waals surface area contributed by atoms with E-state index in [1.165, 1.54) is 167 Å². The Hall–Kier alpha value is -2.46. The van der Waals surface area contributed by atoms with E-state index in [2.05, 4.69) is 52.0 Å². The molecule has 0 radical (unpaired) electrons. The Morgan fingerprint density at radius 1 is 0.304 bits per heavy atom. The second kappa shape index (κ2) is 67.1. The van der Waals surface area contributed by atoms with Crippen LogP contribution < -0.4 is 0 Å². The van der Waals surface area contributed by atoms with Crippen molar-refractivity contribution in [3.05, 3.63) is 24.3 Å². The van der Waals surface area contributed by atoms with Gasteiger partial charge in [0.05, 0.1) is 26.4 Å². The number of phosphoric acid groups is 2. The molecule has 19 heteroatoms. The van der Waals surface area contributed by atoms with Crippen LogP contribution in [0.25, 0.3) is 0 Å². The van der Waals surface area contributed by atoms with Crippen LogP contribution in [0.15, 0.2) is 24.3 Å². The molecule has 0 amide bonds. The normalized spacial score (nSPS) is 14.1. The van der Waals surface area contributed by atoms with Gasteiger partial charge in [-0.25, -0.2) is 9.13 Å². The molecular formula is C73H138O17P2. The number of aliphatic hydroxyl groups is 1. The summed E-state index contributed by atoms with van der Waals surface area (Å²) in [4.78, 5) is 72.6. The Kier molecular flexibility index (Phi) is 65.3. The molecule has 0 aromatic heterocycles. The molecule has 0 spiro atoms. The van der Waals surface area contributed by atoms with Crippen molar-refractivity contribution < 1.29 is 80.2 Å². The van der Waals surface area contributed by atoms with Crippen LogP contribution in [-0.2, 0) is 65.4 Å². The second-order valence-corrected chi connectivity index (χ2v) is 28.6. The largest absolute Gasteiger partial charge is 0.472 e. The SMILES string of the molecule is CCCCCC/C=C\C=C/CCCCCCCC(=O)OC[C@H](COP(=O)(O)OC[C@@H](O)COP(=O)(O)OC[C@@H](COC(=O)CCCCCCCCCC)OC(=O)CCCCCCCCCCCCCCC)OC(=O)CCCCCCCCCCCCCCCCCC. The summed E-state index contributed by atoms with van der Waals surface area (Å²) in [7, 11) is -9.91. The quantitative estimate of drug-likeness (QED) is 0.0169. The third-order valence-corrected chi connectivity index (χ3v) is 18.4. The number of allylic oxidation sites excluding steroid dienone is 4. The Bertz CT molecular complexity index is 1850. The molecule has 0 saturated heterocycles. The summed E-state index contributed by atoms with van der Waals surface area (Å²) < 4.78 is 68.3. The minimum absolute atomic E-state index is 0.102. The highest BCUT2D eigenvalue weighted by Crippen LogP contribution is 2.45. The minimum Gasteiger partial charge on any atom is -0.462 e. The maximum Gasteiger partial charge on any atom is 0.472 e. The zero-order chi connectivity index (χ0) is 67.5. The molecule has 0 aliphatic carbocycles. The van der Waals surface area contributed by atoms with Gasteiger partial charge in [-0.15, -0.1) is 0 Å². The van der Waals surface area contributed by atoms with E-state index in [0.717, 1.165) is 116 Å². The summed E-state index contributed by atoms with van der Waals surface area (Å²) in [6.45, 7) is 4.88. The predicted octanol–water partition coefficient (Wildman–Crippen LogP) is 21.0. The second-order valence-electron chi connectivity index (χ2n) is 25.6. The third kappa shape index (κ3) is 66.2. The fourth-order valence-electron chi connectivity index (χ4n) is 10.7. The molecule has 0 fully saturated rings. The molecule has 0 saturated carbocycles. The summed E-state index contributed by atoms with van der Waals surface area (Å²) in [5, 5.41) is 10.6. The zero-order valence-corrected chi connectivity index (χ0v) is 60.8. The average molecular weight is 1350 g/mol. The molecule has 0 aliphatic rings. The van der Waals surface area contributed by atoms with E-state index in [1.807, 2.05) is 0 Å². The number of aliphatic hydroxyl groups excluding tert-OH is 1. The van der Waals surface area contributed by atoms with Crippen molar-refractivity contribution in [3.63, 3.8) is 0 Å². The molecule has 3 N–H and O–H groups in total. The number of rotatable bonds is 72. The highest BCUT2D eigenvalue weighted by Gasteiger charge is 2.30. The van der Waals surface area contributed by atoms with Crippen LogP contribution in [0.5, 0.6) is 0 Å². The topological polar surface area (TPSA) is 237 Å². The standard InChI is InChI=1S/C73H138O17P2/c1-5-9-13-17-21-25-28-31-33-35-38-41-44-48-52-56-60-73(78)90-69(64-84-71(76)58-54-50-46-42-39-37-34-32-29-26-22-18-14-10-6-2)66-88-92(81,82)86-62-67(74)61-85-91(79,80)87-65-68(63-83-70(75)57-53-49-45-24-20-16-12-8-4)89-72(77)59-55-51-47-43-40-36-30-27-23-19-15-11-7-3/h26,29,32,34,67-69,74H,5-25,27-28,30-31,33,35-66H2,1-4H3,(H,79,80)(H,81,82)/b29-26-,34-32-/t67-,68+,69+/m0/s1. The first-order valence-corrected chi connectivity index (χ1v) is 40.6. The molecule has 0 bridgehead atoms. The fraction of sp³-hybridized carbons (Fsp3) is 0.890. The van der Waals surface area contributed by atoms with Gasteiger partial charge in [-0.2, -0.15) is 0 Å². The van der Waals surface area contributed by atoms with Crippen LogP contribution in [0.3, 0.4) is 0 Å². The van der Waals surface area contributed by atoms with Crippen LogP contribution >= 0.6 is 15.6 Å². The summed E-state index contributed by atoms with van der Waals surface area (Å²) in [5.74, 6) is -2.15. The number of ether oxygens (including phenoxy) is 4. The first kappa shape index (κ1) is 89.5. The molecule has 2 unspecified atom stereocenters.